The molecule has 0 saturated carbocycles. The van der Waals surface area contributed by atoms with Crippen molar-refractivity contribution in [2.75, 3.05) is 19.8 Å². The van der Waals surface area contributed by atoms with Crippen LogP contribution in [0.1, 0.15) is 57.9 Å². The van der Waals surface area contributed by atoms with Crippen molar-refractivity contribution in [3.8, 4) is 0 Å². The van der Waals surface area contributed by atoms with Crippen molar-refractivity contribution in [1.29, 1.82) is 0 Å². The average molecular weight is 662 g/mol. The monoisotopic (exact) mass is 660 g/mol. The molecule has 3 fully saturated rings. The number of fused-ring (bicyclic) bond motifs is 1. The maximum absolute atomic E-state index is 14.7. The Balaban J connectivity index is 1.74. The minimum atomic E-state index is -0.810. The summed E-state index contributed by atoms with van der Waals surface area (Å²) in [6.45, 7) is 12.1. The largest absolute Gasteiger partial charge is 0.465 e. The molecule has 3 aliphatic rings. The van der Waals surface area contributed by atoms with Crippen LogP contribution in [0.25, 0.3) is 0 Å². The molecule has 4 rings (SSSR count). The van der Waals surface area contributed by atoms with E-state index >= 15 is 0 Å². The zero-order valence-electron chi connectivity index (χ0n) is 24.8. The average Bonchev–Trinajstić information content (AvgIpc) is 3.58. The lowest BCUT2D eigenvalue weighted by Crippen LogP contribution is -2.59. The van der Waals surface area contributed by atoms with Crippen LogP contribution in [0.4, 0.5) is 0 Å². The van der Waals surface area contributed by atoms with Gasteiger partial charge in [-0.15, -0.1) is 24.9 Å². The topological polar surface area (TPSA) is 87.1 Å². The number of rotatable bonds is 16. The van der Waals surface area contributed by atoms with Gasteiger partial charge >= 0.3 is 5.97 Å². The Morgan fingerprint density at radius 2 is 2.00 bits per heavy atom. The molecule has 1 aromatic carbocycles. The van der Waals surface area contributed by atoms with Gasteiger partial charge in [-0.2, -0.15) is 0 Å². The van der Waals surface area contributed by atoms with Gasteiger partial charge in [0.25, 0.3) is 0 Å². The summed E-state index contributed by atoms with van der Waals surface area (Å²) in [5.41, 5.74) is 0.971. The number of aliphatic hydroxyl groups is 1. The highest BCUT2D eigenvalue weighted by Crippen LogP contribution is 2.68. The van der Waals surface area contributed by atoms with Crippen molar-refractivity contribution in [1.82, 2.24) is 9.80 Å². The number of aliphatic hydroxyl groups excluding tert-OH is 1. The fraction of sp³-hybridized carbons (Fsp3) is 0.606. The molecule has 0 radical (unpaired) electrons. The van der Waals surface area contributed by atoms with E-state index in [0.717, 1.165) is 37.7 Å². The quantitative estimate of drug-likeness (QED) is 0.114. The highest BCUT2D eigenvalue weighted by molar-refractivity contribution is 9.09. The van der Waals surface area contributed by atoms with E-state index in [4.69, 9.17) is 4.74 Å². The first-order chi connectivity index (χ1) is 20.2. The van der Waals surface area contributed by atoms with Crippen LogP contribution in [0.3, 0.4) is 0 Å². The van der Waals surface area contributed by atoms with E-state index in [1.165, 1.54) is 0 Å². The van der Waals surface area contributed by atoms with Crippen LogP contribution in [0.2, 0.25) is 0 Å². The van der Waals surface area contributed by atoms with E-state index in [1.54, 1.807) is 22.7 Å². The highest BCUT2D eigenvalue weighted by atomic mass is 79.9. The Morgan fingerprint density at radius 3 is 2.64 bits per heavy atom. The number of alkyl halides is 1. The molecule has 9 heteroatoms. The number of allylic oxidation sites excluding steroid dienone is 1. The molecule has 8 atom stereocenters. The number of amides is 2. The third-order valence-corrected chi connectivity index (χ3v) is 12.3. The van der Waals surface area contributed by atoms with E-state index in [0.29, 0.717) is 26.0 Å². The second-order valence-electron chi connectivity index (χ2n) is 11.8. The van der Waals surface area contributed by atoms with Crippen molar-refractivity contribution >= 4 is 45.5 Å². The van der Waals surface area contributed by atoms with Crippen LogP contribution < -0.4 is 0 Å². The Morgan fingerprint density at radius 1 is 1.26 bits per heavy atom. The van der Waals surface area contributed by atoms with Crippen molar-refractivity contribution in [3.05, 3.63) is 61.2 Å². The van der Waals surface area contributed by atoms with E-state index in [2.05, 4.69) is 36.0 Å². The maximum atomic E-state index is 14.7. The van der Waals surface area contributed by atoms with Gasteiger partial charge in [0, 0.05) is 22.7 Å². The predicted octanol–water partition coefficient (Wildman–Crippen LogP) is 5.16. The van der Waals surface area contributed by atoms with E-state index in [1.807, 2.05) is 48.2 Å². The van der Waals surface area contributed by atoms with E-state index in [9.17, 15) is 19.5 Å². The zero-order valence-corrected chi connectivity index (χ0v) is 27.2. The number of halogens is 1. The fourth-order valence-electron chi connectivity index (χ4n) is 7.16. The van der Waals surface area contributed by atoms with Gasteiger partial charge in [0.15, 0.2) is 0 Å². The molecule has 1 aromatic rings. The first-order valence-electron chi connectivity index (χ1n) is 15.2. The molecule has 3 saturated heterocycles. The van der Waals surface area contributed by atoms with Crippen LogP contribution in [-0.2, 0) is 25.5 Å². The minimum Gasteiger partial charge on any atom is -0.465 e. The molecule has 2 amide bonds. The molecule has 1 N–H and O–H groups in total. The summed E-state index contributed by atoms with van der Waals surface area (Å²) in [4.78, 5) is 46.4. The Hall–Kier alpha value is -2.10. The highest BCUT2D eigenvalue weighted by Gasteiger charge is 2.76. The number of thioether (sulfide) groups is 1. The summed E-state index contributed by atoms with van der Waals surface area (Å²) in [5, 5.41) is 10.5. The van der Waals surface area contributed by atoms with E-state index in [-0.39, 0.29) is 40.5 Å². The van der Waals surface area contributed by atoms with Gasteiger partial charge in [-0.1, -0.05) is 71.8 Å². The van der Waals surface area contributed by atoms with Crippen LogP contribution in [-0.4, -0.2) is 85.4 Å². The Bertz CT molecular complexity index is 1130. The first-order valence-corrected chi connectivity index (χ1v) is 17.0. The smallest absolute Gasteiger partial charge is 0.310 e. The second-order valence-corrected chi connectivity index (χ2v) is 14.5. The molecular weight excluding hydrogens is 616 g/mol. The molecule has 4 unspecified atom stereocenters. The lowest BCUT2D eigenvalue weighted by molar-refractivity contribution is -0.154. The van der Waals surface area contributed by atoms with Gasteiger partial charge in [-0.05, 0) is 51.0 Å². The first kappa shape index (κ1) is 32.8. The standard InChI is InChI=1S/C33H45BrN2O5S/c1-5-8-9-13-18-41-32(40)26-27-30(38)36(24(21-37)19-23-15-11-10-12-16-23)29(33(27)20-25(34)28(26)42-33)31(39)35(17-7-3)22(4)14-6-2/h5,7,10-12,15-16,22,24-29,37H,1,3,6,8-9,13-14,17-21H2,2,4H3/t22?,24-,25?,26+,27+,28+,29?,33?/m1/s1. The summed E-state index contributed by atoms with van der Waals surface area (Å²) in [6.07, 6.45) is 8.77. The number of hydrogen-bond acceptors (Lipinski definition) is 6. The third kappa shape index (κ3) is 6.25. The second kappa shape index (κ2) is 14.6. The molecule has 3 aliphatic heterocycles. The number of likely N-dealkylation sites (tertiary alicyclic amines) is 1. The summed E-state index contributed by atoms with van der Waals surface area (Å²) in [7, 11) is 0. The number of nitrogens with zero attached hydrogens (tertiary/aromatic N) is 2. The van der Waals surface area contributed by atoms with Crippen LogP contribution >= 0.6 is 27.7 Å². The number of unbranched alkanes of at least 4 members (excludes halogenated alkanes) is 2. The van der Waals surface area contributed by atoms with Crippen LogP contribution in [0.15, 0.2) is 55.6 Å². The normalized spacial score (nSPS) is 29.2. The third-order valence-electron chi connectivity index (χ3n) is 9.05. The van der Waals surface area contributed by atoms with Gasteiger partial charge in [-0.3, -0.25) is 14.4 Å². The van der Waals surface area contributed by atoms with Crippen LogP contribution in [0.5, 0.6) is 0 Å². The van der Waals surface area contributed by atoms with E-state index < -0.39 is 28.7 Å². The number of ether oxygens (including phenoxy) is 1. The van der Waals surface area contributed by atoms with Crippen molar-refractivity contribution in [2.45, 2.75) is 91.7 Å². The Labute approximate surface area is 263 Å². The van der Waals surface area contributed by atoms with Gasteiger partial charge in [0.05, 0.1) is 35.8 Å². The lowest BCUT2D eigenvalue weighted by atomic mass is 9.71. The molecular formula is C33H45BrN2O5S. The number of carbonyl (C=O) groups is 3. The Kier molecular flexibility index (Phi) is 11.4. The summed E-state index contributed by atoms with van der Waals surface area (Å²) in [6, 6.07) is 8.25. The molecule has 230 valence electrons. The van der Waals surface area contributed by atoms with Crippen molar-refractivity contribution in [2.24, 2.45) is 11.8 Å². The molecule has 42 heavy (non-hydrogen) atoms. The van der Waals surface area contributed by atoms with Crippen molar-refractivity contribution < 1.29 is 24.2 Å². The molecule has 3 heterocycles. The number of benzene rings is 1. The summed E-state index contributed by atoms with van der Waals surface area (Å²) in [5.74, 6) is -2.07. The summed E-state index contributed by atoms with van der Waals surface area (Å²) >= 11 is 5.43. The fourth-order valence-corrected chi connectivity index (χ4v) is 10.7. The summed E-state index contributed by atoms with van der Waals surface area (Å²) < 4.78 is 4.96. The number of esters is 1. The lowest BCUT2D eigenvalue weighted by Gasteiger charge is -2.41. The molecule has 0 aliphatic carbocycles. The number of carbonyl (C=O) groups excluding carboxylic acids is 3. The number of hydrogen-bond donors (Lipinski definition) is 1. The zero-order chi connectivity index (χ0) is 30.4. The predicted molar refractivity (Wildman–Crippen MR) is 171 cm³/mol. The van der Waals surface area contributed by atoms with Gasteiger partial charge in [0.2, 0.25) is 11.8 Å². The maximum Gasteiger partial charge on any atom is 0.310 e. The molecule has 0 aromatic heterocycles. The molecule has 1 spiro atoms. The molecule has 2 bridgehead atoms. The van der Waals surface area contributed by atoms with Gasteiger partial charge in [0.1, 0.15) is 6.04 Å². The van der Waals surface area contributed by atoms with Gasteiger partial charge in [-0.25, -0.2) is 0 Å². The molecule has 7 nitrogen and oxygen atoms in total. The minimum absolute atomic E-state index is 0.0391. The van der Waals surface area contributed by atoms with Crippen molar-refractivity contribution in [3.63, 3.8) is 0 Å². The SMILES string of the molecule is C=CCCCCOC(=O)[C@H]1[C@H]2C(=O)N([C@@H](CO)Cc3ccccc3)C(C(=O)N(CC=C)C(C)CCC)C23CC(Br)[C@@H]1S3. The van der Waals surface area contributed by atoms with Crippen LogP contribution in [0, 0.1) is 11.8 Å². The van der Waals surface area contributed by atoms with Gasteiger partial charge < -0.3 is 19.6 Å².